The van der Waals surface area contributed by atoms with Gasteiger partial charge in [-0.2, -0.15) is 0 Å². The van der Waals surface area contributed by atoms with E-state index < -0.39 is 32.3 Å². The van der Waals surface area contributed by atoms with Gasteiger partial charge >= 0.3 is 0 Å². The number of hydrogen-bond donors (Lipinski definition) is 1. The summed E-state index contributed by atoms with van der Waals surface area (Å²) in [6.07, 6.45) is 0. The topological polar surface area (TPSA) is 95.5 Å². The number of ether oxygens (including phenoxy) is 1. The van der Waals surface area contributed by atoms with Gasteiger partial charge < -0.3 is 14.6 Å². The molecule has 8 heteroatoms. The molecule has 0 fully saturated rings. The Morgan fingerprint density at radius 1 is 1.19 bits per heavy atom. The van der Waals surface area contributed by atoms with Crippen LogP contribution < -0.4 is 14.6 Å². The minimum Gasteiger partial charge on any atom is -0.545 e. The fourth-order valence-corrected chi connectivity index (χ4v) is 3.58. The maximum Gasteiger partial charge on any atom is 0.243 e. The van der Waals surface area contributed by atoms with Crippen molar-refractivity contribution in [3.63, 3.8) is 0 Å². The second-order valence-corrected chi connectivity index (χ2v) is 8.66. The van der Waals surface area contributed by atoms with Crippen LogP contribution in [0.4, 0.5) is 4.39 Å². The molecule has 0 heterocycles. The van der Waals surface area contributed by atoms with Crippen molar-refractivity contribution < 1.29 is 27.4 Å². The number of para-hydroxylation sites is 1. The number of carbonyl (C=O) groups excluding carboxylic acids is 1. The van der Waals surface area contributed by atoms with Gasteiger partial charge in [0.05, 0.1) is 5.97 Å². The third-order valence-corrected chi connectivity index (χ3v) is 5.28. The SMILES string of the molecule is CC(C)(C)c1ccccc1OCCNS(=O)(=O)c1cc(C(=O)[O-])ccc1F. The number of sulfonamides is 1. The molecule has 0 atom stereocenters. The maximum absolute atomic E-state index is 13.8. The highest BCUT2D eigenvalue weighted by atomic mass is 32.2. The highest BCUT2D eigenvalue weighted by Crippen LogP contribution is 2.30. The Bertz CT molecular complexity index is 935. The second-order valence-electron chi connectivity index (χ2n) is 6.93. The molecule has 0 aliphatic carbocycles. The maximum atomic E-state index is 13.8. The second kappa shape index (κ2) is 8.06. The molecule has 27 heavy (non-hydrogen) atoms. The molecule has 0 unspecified atom stereocenters. The van der Waals surface area contributed by atoms with Gasteiger partial charge in [0.25, 0.3) is 0 Å². The molecule has 0 bridgehead atoms. The van der Waals surface area contributed by atoms with E-state index in [1.54, 1.807) is 6.07 Å². The normalized spacial score (nSPS) is 12.0. The summed E-state index contributed by atoms with van der Waals surface area (Å²) in [6, 6.07) is 9.87. The van der Waals surface area contributed by atoms with Crippen molar-refractivity contribution in [3.05, 3.63) is 59.4 Å². The smallest absolute Gasteiger partial charge is 0.243 e. The average molecular weight is 394 g/mol. The number of carboxylic acid groups (broad SMARTS) is 1. The summed E-state index contributed by atoms with van der Waals surface area (Å²) >= 11 is 0. The number of carboxylic acids is 1. The zero-order valence-corrected chi connectivity index (χ0v) is 16.1. The van der Waals surface area contributed by atoms with Crippen LogP contribution in [0.3, 0.4) is 0 Å². The lowest BCUT2D eigenvalue weighted by atomic mass is 9.86. The Morgan fingerprint density at radius 2 is 1.85 bits per heavy atom. The number of rotatable bonds is 7. The predicted molar refractivity (Wildman–Crippen MR) is 96.6 cm³/mol. The quantitative estimate of drug-likeness (QED) is 0.723. The van der Waals surface area contributed by atoms with E-state index in [0.717, 1.165) is 23.8 Å². The van der Waals surface area contributed by atoms with Crippen molar-refractivity contribution in [3.8, 4) is 5.75 Å². The zero-order valence-electron chi connectivity index (χ0n) is 15.3. The van der Waals surface area contributed by atoms with Crippen molar-refractivity contribution in [2.24, 2.45) is 0 Å². The van der Waals surface area contributed by atoms with Gasteiger partial charge in [0.2, 0.25) is 10.0 Å². The summed E-state index contributed by atoms with van der Waals surface area (Å²) in [5, 5.41) is 10.9. The van der Waals surface area contributed by atoms with Crippen LogP contribution in [0.1, 0.15) is 36.7 Å². The molecule has 146 valence electrons. The van der Waals surface area contributed by atoms with Gasteiger partial charge in [-0.05, 0) is 34.7 Å². The molecule has 1 N–H and O–H groups in total. The molecule has 0 saturated heterocycles. The van der Waals surface area contributed by atoms with Crippen LogP contribution in [0, 0.1) is 5.82 Å². The van der Waals surface area contributed by atoms with Gasteiger partial charge in [-0.1, -0.05) is 45.0 Å². The summed E-state index contributed by atoms with van der Waals surface area (Å²) in [6.45, 7) is 6.00. The Balaban J connectivity index is 2.06. The Morgan fingerprint density at radius 3 is 2.48 bits per heavy atom. The average Bonchev–Trinajstić information content (AvgIpc) is 2.58. The van der Waals surface area contributed by atoms with Crippen molar-refractivity contribution in [2.45, 2.75) is 31.1 Å². The fourth-order valence-electron chi connectivity index (χ4n) is 2.46. The first-order valence-electron chi connectivity index (χ1n) is 8.25. The molecule has 0 amide bonds. The Labute approximate surface area is 158 Å². The van der Waals surface area contributed by atoms with Crippen LogP contribution in [0.15, 0.2) is 47.4 Å². The summed E-state index contributed by atoms with van der Waals surface area (Å²) in [5.74, 6) is -2.01. The molecule has 0 aromatic heterocycles. The number of halogens is 1. The minimum absolute atomic E-state index is 0.0219. The van der Waals surface area contributed by atoms with Gasteiger partial charge in [0.15, 0.2) is 0 Å². The minimum atomic E-state index is -4.24. The van der Waals surface area contributed by atoms with Crippen LogP contribution in [0.25, 0.3) is 0 Å². The predicted octanol–water partition coefficient (Wildman–Crippen LogP) is 1.84. The Kier molecular flexibility index (Phi) is 6.22. The van der Waals surface area contributed by atoms with Crippen molar-refractivity contribution in [2.75, 3.05) is 13.2 Å². The lowest BCUT2D eigenvalue weighted by Gasteiger charge is -2.22. The monoisotopic (exact) mass is 394 g/mol. The van der Waals surface area contributed by atoms with Crippen LogP contribution in [-0.4, -0.2) is 27.5 Å². The number of benzene rings is 2. The highest BCUT2D eigenvalue weighted by Gasteiger charge is 2.21. The standard InChI is InChI=1S/C19H22FNO5S/c1-19(2,3)14-6-4-5-7-16(14)26-11-10-21-27(24,25)17-12-13(18(22)23)8-9-15(17)20/h4-9,12,21H,10-11H2,1-3H3,(H,22,23)/p-1. The molecular weight excluding hydrogens is 373 g/mol. The van der Waals surface area contributed by atoms with E-state index in [4.69, 9.17) is 4.74 Å². The summed E-state index contributed by atoms with van der Waals surface area (Å²) in [7, 11) is -4.24. The van der Waals surface area contributed by atoms with Gasteiger partial charge in [0.1, 0.15) is 23.1 Å². The first-order chi connectivity index (χ1) is 12.5. The lowest BCUT2D eigenvalue weighted by molar-refractivity contribution is -0.255. The Hall–Kier alpha value is -2.45. The van der Waals surface area contributed by atoms with Crippen LogP contribution in [0.2, 0.25) is 0 Å². The van der Waals surface area contributed by atoms with Gasteiger partial charge in [-0.25, -0.2) is 17.5 Å². The first-order valence-corrected chi connectivity index (χ1v) is 9.73. The summed E-state index contributed by atoms with van der Waals surface area (Å²) in [4.78, 5) is 10.1. The van der Waals surface area contributed by atoms with Crippen molar-refractivity contribution in [1.82, 2.24) is 4.72 Å². The van der Waals surface area contributed by atoms with E-state index >= 15 is 0 Å². The molecule has 0 spiro atoms. The van der Waals surface area contributed by atoms with E-state index in [2.05, 4.69) is 4.72 Å². The van der Waals surface area contributed by atoms with Crippen LogP contribution in [-0.2, 0) is 15.4 Å². The summed E-state index contributed by atoms with van der Waals surface area (Å²) < 4.78 is 46.2. The zero-order chi connectivity index (χ0) is 20.2. The van der Waals surface area contributed by atoms with Crippen LogP contribution in [0.5, 0.6) is 5.75 Å². The van der Waals surface area contributed by atoms with Gasteiger partial charge in [-0.3, -0.25) is 0 Å². The molecule has 2 aromatic rings. The third kappa shape index (κ3) is 5.27. The third-order valence-electron chi connectivity index (χ3n) is 3.80. The molecule has 2 rings (SSSR count). The van der Waals surface area contributed by atoms with Gasteiger partial charge in [0, 0.05) is 6.54 Å². The number of carbonyl (C=O) groups is 1. The van der Waals surface area contributed by atoms with Crippen molar-refractivity contribution >= 4 is 16.0 Å². The van der Waals surface area contributed by atoms with Crippen molar-refractivity contribution in [1.29, 1.82) is 0 Å². The van der Waals surface area contributed by atoms with Crippen LogP contribution >= 0.6 is 0 Å². The first kappa shape index (κ1) is 20.9. The molecule has 0 radical (unpaired) electrons. The molecule has 2 aromatic carbocycles. The molecule has 0 aliphatic heterocycles. The highest BCUT2D eigenvalue weighted by molar-refractivity contribution is 7.89. The molecule has 0 saturated carbocycles. The van der Waals surface area contributed by atoms with E-state index in [1.807, 2.05) is 39.0 Å². The summed E-state index contributed by atoms with van der Waals surface area (Å²) in [5.41, 5.74) is 0.401. The van der Waals surface area contributed by atoms with E-state index in [1.165, 1.54) is 0 Å². The van der Waals surface area contributed by atoms with E-state index in [0.29, 0.717) is 5.75 Å². The lowest BCUT2D eigenvalue weighted by Crippen LogP contribution is -2.30. The largest absolute Gasteiger partial charge is 0.545 e. The fraction of sp³-hybridized carbons (Fsp3) is 0.316. The number of nitrogens with one attached hydrogen (secondary N) is 1. The molecular formula is C19H21FNO5S-. The number of aromatic carboxylic acids is 1. The van der Waals surface area contributed by atoms with E-state index in [-0.39, 0.29) is 18.6 Å². The molecule has 6 nitrogen and oxygen atoms in total. The number of hydrogen-bond acceptors (Lipinski definition) is 5. The van der Waals surface area contributed by atoms with E-state index in [9.17, 15) is 22.7 Å². The molecule has 0 aliphatic rings. The van der Waals surface area contributed by atoms with Gasteiger partial charge in [-0.15, -0.1) is 0 Å².